The number of hydrogen-bond donors (Lipinski definition) is 1. The molecule has 0 aliphatic rings. The van der Waals surface area contributed by atoms with Crippen LogP contribution in [0.1, 0.15) is 11.1 Å². The van der Waals surface area contributed by atoms with Gasteiger partial charge in [-0.25, -0.2) is 4.98 Å². The molecule has 0 unspecified atom stereocenters. The first kappa shape index (κ1) is 13.8. The molecule has 1 aromatic heterocycles. The van der Waals surface area contributed by atoms with Crippen molar-refractivity contribution in [3.8, 4) is 17.2 Å². The van der Waals surface area contributed by atoms with Crippen molar-refractivity contribution in [1.29, 1.82) is 5.26 Å². The van der Waals surface area contributed by atoms with Crippen molar-refractivity contribution < 1.29 is 0 Å². The largest absolute Gasteiger partial charge is 0.365 e. The normalized spacial score (nSPS) is 9.95. The highest BCUT2D eigenvalue weighted by molar-refractivity contribution is 5.70. The summed E-state index contributed by atoms with van der Waals surface area (Å²) in [5, 5.41) is 12.4. The van der Waals surface area contributed by atoms with Gasteiger partial charge in [0.05, 0.1) is 17.8 Å². The van der Waals surface area contributed by atoms with Gasteiger partial charge in [0.15, 0.2) is 0 Å². The van der Waals surface area contributed by atoms with E-state index >= 15 is 0 Å². The quantitative estimate of drug-likeness (QED) is 0.795. The van der Waals surface area contributed by atoms with Gasteiger partial charge in [0.1, 0.15) is 5.82 Å². The zero-order chi connectivity index (χ0) is 15.2. The van der Waals surface area contributed by atoms with Crippen molar-refractivity contribution in [2.45, 2.75) is 6.54 Å². The molecule has 0 fully saturated rings. The molecule has 106 valence electrons. The summed E-state index contributed by atoms with van der Waals surface area (Å²) < 4.78 is 0. The van der Waals surface area contributed by atoms with Crippen LogP contribution in [-0.2, 0) is 6.54 Å². The molecule has 0 aliphatic heterocycles. The monoisotopic (exact) mass is 286 g/mol. The van der Waals surface area contributed by atoms with E-state index in [-0.39, 0.29) is 0 Å². The van der Waals surface area contributed by atoms with Gasteiger partial charge < -0.3 is 5.32 Å². The van der Waals surface area contributed by atoms with Crippen molar-refractivity contribution in [3.05, 3.63) is 78.2 Å². The van der Waals surface area contributed by atoms with Crippen molar-refractivity contribution >= 4 is 5.82 Å². The maximum atomic E-state index is 9.17. The van der Waals surface area contributed by atoms with Gasteiger partial charge in [-0.05, 0) is 22.8 Å². The number of aromatic nitrogens is 2. The van der Waals surface area contributed by atoms with Crippen molar-refractivity contribution in [2.75, 3.05) is 5.32 Å². The molecule has 0 saturated carbocycles. The third-order valence-electron chi connectivity index (χ3n) is 3.35. The number of hydrogen-bond acceptors (Lipinski definition) is 4. The Bertz CT molecular complexity index is 789. The Hall–Kier alpha value is -3.19. The molecule has 0 bridgehead atoms. The lowest BCUT2D eigenvalue weighted by Gasteiger charge is -2.07. The number of rotatable bonds is 4. The fraction of sp³-hybridized carbons (Fsp3) is 0.0556. The lowest BCUT2D eigenvalue weighted by atomic mass is 9.99. The SMILES string of the molecule is N#Cc1ccccc1-c1ccc(CNc2cnccn2)cc1. The van der Waals surface area contributed by atoms with E-state index in [1.54, 1.807) is 18.6 Å². The topological polar surface area (TPSA) is 61.6 Å². The summed E-state index contributed by atoms with van der Waals surface area (Å²) in [7, 11) is 0. The Morgan fingerprint density at radius 1 is 1.00 bits per heavy atom. The van der Waals surface area contributed by atoms with E-state index in [0.29, 0.717) is 12.1 Å². The molecule has 0 atom stereocenters. The van der Waals surface area contributed by atoms with Crippen LogP contribution < -0.4 is 5.32 Å². The summed E-state index contributed by atoms with van der Waals surface area (Å²) >= 11 is 0. The van der Waals surface area contributed by atoms with Crippen LogP contribution in [-0.4, -0.2) is 9.97 Å². The maximum absolute atomic E-state index is 9.17. The van der Waals surface area contributed by atoms with Crippen LogP contribution in [0.5, 0.6) is 0 Å². The number of benzene rings is 2. The first-order valence-electron chi connectivity index (χ1n) is 6.95. The molecule has 1 heterocycles. The smallest absolute Gasteiger partial charge is 0.144 e. The number of nitriles is 1. The second kappa shape index (κ2) is 6.51. The number of nitrogens with zero attached hydrogens (tertiary/aromatic N) is 3. The van der Waals surface area contributed by atoms with E-state index in [2.05, 4.69) is 21.4 Å². The molecule has 0 aliphatic carbocycles. The van der Waals surface area contributed by atoms with E-state index < -0.39 is 0 Å². The van der Waals surface area contributed by atoms with E-state index in [1.807, 2.05) is 48.5 Å². The van der Waals surface area contributed by atoms with Crippen LogP contribution >= 0.6 is 0 Å². The predicted molar refractivity (Wildman–Crippen MR) is 86.0 cm³/mol. The summed E-state index contributed by atoms with van der Waals surface area (Å²) in [6.45, 7) is 0.679. The first-order chi connectivity index (χ1) is 10.9. The molecule has 2 aromatic carbocycles. The van der Waals surface area contributed by atoms with Gasteiger partial charge in [-0.2, -0.15) is 5.26 Å². The fourth-order valence-electron chi connectivity index (χ4n) is 2.22. The van der Waals surface area contributed by atoms with Gasteiger partial charge in [-0.1, -0.05) is 42.5 Å². The molecule has 0 radical (unpaired) electrons. The first-order valence-corrected chi connectivity index (χ1v) is 6.95. The van der Waals surface area contributed by atoms with E-state index in [4.69, 9.17) is 0 Å². The molecule has 3 rings (SSSR count). The average molecular weight is 286 g/mol. The molecule has 4 nitrogen and oxygen atoms in total. The third-order valence-corrected chi connectivity index (χ3v) is 3.35. The molecule has 0 saturated heterocycles. The van der Waals surface area contributed by atoms with Gasteiger partial charge in [-0.15, -0.1) is 0 Å². The highest BCUT2D eigenvalue weighted by Gasteiger charge is 2.03. The Morgan fingerprint density at radius 2 is 1.82 bits per heavy atom. The summed E-state index contributed by atoms with van der Waals surface area (Å²) in [4.78, 5) is 8.19. The molecule has 1 N–H and O–H groups in total. The average Bonchev–Trinajstić information content (AvgIpc) is 2.61. The Labute approximate surface area is 129 Å². The lowest BCUT2D eigenvalue weighted by Crippen LogP contribution is -2.01. The summed E-state index contributed by atoms with van der Waals surface area (Å²) in [5.41, 5.74) is 3.83. The highest BCUT2D eigenvalue weighted by atomic mass is 15.0. The third kappa shape index (κ3) is 3.10. The van der Waals surface area contributed by atoms with E-state index in [0.717, 1.165) is 22.5 Å². The zero-order valence-electron chi connectivity index (χ0n) is 11.9. The maximum Gasteiger partial charge on any atom is 0.144 e. The molecular weight excluding hydrogens is 272 g/mol. The minimum Gasteiger partial charge on any atom is -0.365 e. The Balaban J connectivity index is 1.74. The van der Waals surface area contributed by atoms with E-state index in [9.17, 15) is 5.26 Å². The van der Waals surface area contributed by atoms with Crippen molar-refractivity contribution in [2.24, 2.45) is 0 Å². The van der Waals surface area contributed by atoms with Gasteiger partial charge in [-0.3, -0.25) is 4.98 Å². The molecule has 22 heavy (non-hydrogen) atoms. The van der Waals surface area contributed by atoms with E-state index in [1.165, 1.54) is 0 Å². The van der Waals surface area contributed by atoms with Gasteiger partial charge in [0.2, 0.25) is 0 Å². The molecule has 3 aromatic rings. The van der Waals surface area contributed by atoms with Crippen LogP contribution in [0.15, 0.2) is 67.1 Å². The minimum absolute atomic E-state index is 0.679. The summed E-state index contributed by atoms with van der Waals surface area (Å²) in [6, 6.07) is 18.0. The lowest BCUT2D eigenvalue weighted by molar-refractivity contribution is 1.09. The minimum atomic E-state index is 0.679. The second-order valence-corrected chi connectivity index (χ2v) is 4.80. The van der Waals surface area contributed by atoms with Gasteiger partial charge >= 0.3 is 0 Å². The Morgan fingerprint density at radius 3 is 2.55 bits per heavy atom. The summed E-state index contributed by atoms with van der Waals surface area (Å²) in [5.74, 6) is 0.751. The van der Waals surface area contributed by atoms with Crippen LogP contribution in [0, 0.1) is 11.3 Å². The molecule has 0 spiro atoms. The van der Waals surface area contributed by atoms with Gasteiger partial charge in [0, 0.05) is 18.9 Å². The van der Waals surface area contributed by atoms with Crippen LogP contribution in [0.25, 0.3) is 11.1 Å². The fourth-order valence-corrected chi connectivity index (χ4v) is 2.22. The van der Waals surface area contributed by atoms with Crippen LogP contribution in [0.2, 0.25) is 0 Å². The molecule has 4 heteroatoms. The molecule has 0 amide bonds. The highest BCUT2D eigenvalue weighted by Crippen LogP contribution is 2.23. The van der Waals surface area contributed by atoms with Crippen LogP contribution in [0.4, 0.5) is 5.82 Å². The van der Waals surface area contributed by atoms with Crippen molar-refractivity contribution in [3.63, 3.8) is 0 Å². The van der Waals surface area contributed by atoms with Crippen LogP contribution in [0.3, 0.4) is 0 Å². The predicted octanol–water partition coefficient (Wildman–Crippen LogP) is 3.63. The number of nitrogens with one attached hydrogen (secondary N) is 1. The number of anilines is 1. The van der Waals surface area contributed by atoms with Crippen molar-refractivity contribution in [1.82, 2.24) is 9.97 Å². The second-order valence-electron chi connectivity index (χ2n) is 4.80. The van der Waals surface area contributed by atoms with Gasteiger partial charge in [0.25, 0.3) is 0 Å². The summed E-state index contributed by atoms with van der Waals surface area (Å²) in [6.07, 6.45) is 4.99. The zero-order valence-corrected chi connectivity index (χ0v) is 11.9. The molecular formula is C18H14N4. The standard InChI is InChI=1S/C18H14N4/c19-11-16-3-1-2-4-17(16)15-7-5-14(6-8-15)12-22-18-13-20-9-10-21-18/h1-10,13H,12H2,(H,21,22). The Kier molecular flexibility index (Phi) is 4.08.